The Kier molecular flexibility index (Phi) is 4.10. The van der Waals surface area contributed by atoms with Gasteiger partial charge in [-0.05, 0) is 36.8 Å². The van der Waals surface area contributed by atoms with Gasteiger partial charge in [0.2, 0.25) is 5.88 Å². The molecule has 0 radical (unpaired) electrons. The lowest BCUT2D eigenvalue weighted by atomic mass is 10.1. The predicted octanol–water partition coefficient (Wildman–Crippen LogP) is 3.91. The summed E-state index contributed by atoms with van der Waals surface area (Å²) in [5.41, 5.74) is 3.26. The van der Waals surface area contributed by atoms with Crippen LogP contribution in [0, 0.1) is 6.92 Å². The molecule has 3 rings (SSSR count). The van der Waals surface area contributed by atoms with Crippen molar-refractivity contribution in [2.75, 3.05) is 12.4 Å². The Bertz CT molecular complexity index is 805. The molecule has 0 atom stereocenters. The molecule has 2 aromatic carbocycles. The van der Waals surface area contributed by atoms with Crippen molar-refractivity contribution < 1.29 is 14.1 Å². The van der Waals surface area contributed by atoms with E-state index in [0.717, 1.165) is 16.9 Å². The maximum absolute atomic E-state index is 12.3. The first-order valence-electron chi connectivity index (χ1n) is 7.14. The van der Waals surface area contributed by atoms with Gasteiger partial charge >= 0.3 is 0 Å². The van der Waals surface area contributed by atoms with E-state index < -0.39 is 0 Å². The molecule has 0 unspecified atom stereocenters. The molecule has 23 heavy (non-hydrogen) atoms. The van der Waals surface area contributed by atoms with E-state index in [0.29, 0.717) is 17.0 Å². The lowest BCUT2D eigenvalue weighted by molar-refractivity contribution is 0.102. The summed E-state index contributed by atoms with van der Waals surface area (Å²) in [5.74, 6) is 0.840. The highest BCUT2D eigenvalue weighted by Gasteiger charge is 2.14. The molecule has 116 valence electrons. The van der Waals surface area contributed by atoms with E-state index in [1.807, 2.05) is 43.3 Å². The number of nitrogens with zero attached hydrogens (tertiary/aromatic N) is 1. The number of hydrogen-bond acceptors (Lipinski definition) is 4. The summed E-state index contributed by atoms with van der Waals surface area (Å²) in [4.78, 5) is 12.3. The van der Waals surface area contributed by atoms with Crippen molar-refractivity contribution in [1.82, 2.24) is 5.16 Å². The highest BCUT2D eigenvalue weighted by atomic mass is 16.5. The topological polar surface area (TPSA) is 64.4 Å². The number of amides is 1. The number of aryl methyl sites for hydroxylation is 1. The number of carbonyl (C=O) groups excluding carboxylic acids is 1. The van der Waals surface area contributed by atoms with Gasteiger partial charge in [0.1, 0.15) is 5.75 Å². The molecule has 0 aliphatic heterocycles. The van der Waals surface area contributed by atoms with Crippen LogP contribution < -0.4 is 10.1 Å². The maximum Gasteiger partial charge on any atom is 0.258 e. The third-order valence-corrected chi connectivity index (χ3v) is 3.51. The Hall–Kier alpha value is -3.08. The fourth-order valence-corrected chi connectivity index (χ4v) is 2.19. The number of anilines is 1. The molecule has 0 aliphatic rings. The van der Waals surface area contributed by atoms with Gasteiger partial charge in [0.15, 0.2) is 0 Å². The molecule has 5 nitrogen and oxygen atoms in total. The Labute approximate surface area is 133 Å². The van der Waals surface area contributed by atoms with Crippen LogP contribution in [-0.4, -0.2) is 18.2 Å². The monoisotopic (exact) mass is 308 g/mol. The van der Waals surface area contributed by atoms with Crippen LogP contribution in [0.15, 0.2) is 59.3 Å². The predicted molar refractivity (Wildman–Crippen MR) is 87.6 cm³/mol. The number of hydrogen-bond donors (Lipinski definition) is 1. The zero-order chi connectivity index (χ0) is 16.2. The van der Waals surface area contributed by atoms with E-state index in [2.05, 4.69) is 10.5 Å². The van der Waals surface area contributed by atoms with Crippen LogP contribution in [0.4, 0.5) is 5.88 Å². The fourth-order valence-electron chi connectivity index (χ4n) is 2.19. The van der Waals surface area contributed by atoms with E-state index in [9.17, 15) is 4.79 Å². The first kappa shape index (κ1) is 14.8. The maximum atomic E-state index is 12.3. The van der Waals surface area contributed by atoms with Gasteiger partial charge < -0.3 is 9.26 Å². The average Bonchev–Trinajstić information content (AvgIpc) is 3.03. The summed E-state index contributed by atoms with van der Waals surface area (Å²) < 4.78 is 10.3. The SMILES string of the molecule is COc1ccc(-c2cnoc2NC(=O)c2ccc(C)cc2)cc1. The van der Waals surface area contributed by atoms with Crippen LogP contribution in [0.5, 0.6) is 5.75 Å². The van der Waals surface area contributed by atoms with Crippen LogP contribution in [0.2, 0.25) is 0 Å². The standard InChI is InChI=1S/C18H16N2O3/c1-12-3-5-14(6-4-12)17(21)20-18-16(11-19-23-18)13-7-9-15(22-2)10-8-13/h3-11H,1-2H3,(H,20,21). The van der Waals surface area contributed by atoms with Gasteiger partial charge in [-0.1, -0.05) is 35.0 Å². The van der Waals surface area contributed by atoms with Gasteiger partial charge in [-0.15, -0.1) is 0 Å². The molecule has 0 spiro atoms. The first-order valence-corrected chi connectivity index (χ1v) is 7.14. The zero-order valence-electron chi connectivity index (χ0n) is 12.9. The first-order chi connectivity index (χ1) is 11.2. The van der Waals surface area contributed by atoms with Gasteiger partial charge in [0, 0.05) is 5.56 Å². The Morgan fingerprint density at radius 3 is 2.43 bits per heavy atom. The van der Waals surface area contributed by atoms with Crippen LogP contribution in [-0.2, 0) is 0 Å². The zero-order valence-corrected chi connectivity index (χ0v) is 12.9. The number of rotatable bonds is 4. The molecular formula is C18H16N2O3. The number of nitrogens with one attached hydrogen (secondary N) is 1. The Morgan fingerprint density at radius 2 is 1.78 bits per heavy atom. The van der Waals surface area contributed by atoms with Gasteiger partial charge in [0.25, 0.3) is 5.91 Å². The van der Waals surface area contributed by atoms with Gasteiger partial charge in [-0.25, -0.2) is 0 Å². The molecule has 1 amide bonds. The van der Waals surface area contributed by atoms with Gasteiger partial charge in [-0.2, -0.15) is 0 Å². The summed E-state index contributed by atoms with van der Waals surface area (Å²) in [6.45, 7) is 1.97. The van der Waals surface area contributed by atoms with Gasteiger partial charge in [-0.3, -0.25) is 10.1 Å². The number of benzene rings is 2. The van der Waals surface area contributed by atoms with E-state index in [4.69, 9.17) is 9.26 Å². The molecule has 0 bridgehead atoms. The number of methoxy groups -OCH3 is 1. The molecular weight excluding hydrogens is 292 g/mol. The van der Waals surface area contributed by atoms with Crippen LogP contribution in [0.25, 0.3) is 11.1 Å². The van der Waals surface area contributed by atoms with Crippen molar-refractivity contribution in [1.29, 1.82) is 0 Å². The normalized spacial score (nSPS) is 10.3. The minimum atomic E-state index is -0.239. The average molecular weight is 308 g/mol. The summed E-state index contributed by atoms with van der Waals surface area (Å²) in [7, 11) is 1.61. The van der Waals surface area contributed by atoms with Crippen LogP contribution in [0.3, 0.4) is 0 Å². The highest BCUT2D eigenvalue weighted by molar-refractivity contribution is 6.05. The molecule has 5 heteroatoms. The molecule has 1 N–H and O–H groups in total. The smallest absolute Gasteiger partial charge is 0.258 e. The van der Waals surface area contributed by atoms with Crippen molar-refractivity contribution in [3.8, 4) is 16.9 Å². The molecule has 1 heterocycles. The van der Waals surface area contributed by atoms with Crippen molar-refractivity contribution in [3.05, 3.63) is 65.9 Å². The summed E-state index contributed by atoms with van der Waals surface area (Å²) in [5, 5.41) is 6.53. The van der Waals surface area contributed by atoms with E-state index in [1.165, 1.54) is 0 Å². The van der Waals surface area contributed by atoms with E-state index in [-0.39, 0.29) is 5.91 Å². The minimum Gasteiger partial charge on any atom is -0.497 e. The second-order valence-corrected chi connectivity index (χ2v) is 5.12. The van der Waals surface area contributed by atoms with Crippen molar-refractivity contribution in [3.63, 3.8) is 0 Å². The second-order valence-electron chi connectivity index (χ2n) is 5.12. The molecule has 0 saturated heterocycles. The summed E-state index contributed by atoms with van der Waals surface area (Å²) in [6, 6.07) is 14.8. The van der Waals surface area contributed by atoms with Crippen molar-refractivity contribution >= 4 is 11.8 Å². The lowest BCUT2D eigenvalue weighted by Crippen LogP contribution is -2.11. The number of carbonyl (C=O) groups is 1. The molecule has 0 saturated carbocycles. The summed E-state index contributed by atoms with van der Waals surface area (Å²) >= 11 is 0. The molecule has 1 aromatic heterocycles. The molecule has 0 aliphatic carbocycles. The van der Waals surface area contributed by atoms with Crippen molar-refractivity contribution in [2.24, 2.45) is 0 Å². The lowest BCUT2D eigenvalue weighted by Gasteiger charge is -2.05. The summed E-state index contributed by atoms with van der Waals surface area (Å²) in [6.07, 6.45) is 1.58. The van der Waals surface area contributed by atoms with Gasteiger partial charge in [0.05, 0.1) is 18.9 Å². The minimum absolute atomic E-state index is 0.239. The third-order valence-electron chi connectivity index (χ3n) is 3.51. The highest BCUT2D eigenvalue weighted by Crippen LogP contribution is 2.29. The Balaban J connectivity index is 1.83. The number of ether oxygens (including phenoxy) is 1. The largest absolute Gasteiger partial charge is 0.497 e. The molecule has 3 aromatic rings. The third kappa shape index (κ3) is 3.23. The molecule has 0 fully saturated rings. The van der Waals surface area contributed by atoms with E-state index >= 15 is 0 Å². The quantitative estimate of drug-likeness (QED) is 0.793. The fraction of sp³-hybridized carbons (Fsp3) is 0.111. The second kappa shape index (κ2) is 6.36. The van der Waals surface area contributed by atoms with E-state index in [1.54, 1.807) is 25.4 Å². The van der Waals surface area contributed by atoms with Crippen LogP contribution >= 0.6 is 0 Å². The Morgan fingerprint density at radius 1 is 1.09 bits per heavy atom. The van der Waals surface area contributed by atoms with Crippen molar-refractivity contribution in [2.45, 2.75) is 6.92 Å². The number of aromatic nitrogens is 1. The van der Waals surface area contributed by atoms with Crippen LogP contribution in [0.1, 0.15) is 15.9 Å².